The topological polar surface area (TPSA) is 49.4 Å². The standard InChI is InChI=1S/C13H16BrClN2O2/c1-3-6-17(8-12(18)16-2)13(19)10-7-9(15)4-5-11(10)14/h4-5,7H,3,6,8H2,1-2H3,(H,16,18). The highest BCUT2D eigenvalue weighted by atomic mass is 79.9. The Balaban J connectivity index is 2.98. The van der Waals surface area contributed by atoms with E-state index < -0.39 is 0 Å². The summed E-state index contributed by atoms with van der Waals surface area (Å²) in [5, 5.41) is 3.00. The molecule has 0 aliphatic heterocycles. The first-order valence-corrected chi connectivity index (χ1v) is 7.11. The lowest BCUT2D eigenvalue weighted by atomic mass is 10.2. The monoisotopic (exact) mass is 346 g/mol. The van der Waals surface area contributed by atoms with Crippen molar-refractivity contribution in [3.63, 3.8) is 0 Å². The number of hydrogen-bond acceptors (Lipinski definition) is 2. The molecule has 0 saturated heterocycles. The quantitative estimate of drug-likeness (QED) is 0.890. The first-order valence-electron chi connectivity index (χ1n) is 5.94. The molecule has 0 aliphatic rings. The maximum Gasteiger partial charge on any atom is 0.255 e. The van der Waals surface area contributed by atoms with Gasteiger partial charge in [0.15, 0.2) is 0 Å². The van der Waals surface area contributed by atoms with Gasteiger partial charge in [0.05, 0.1) is 12.1 Å². The summed E-state index contributed by atoms with van der Waals surface area (Å²) in [5.74, 6) is -0.403. The number of nitrogens with one attached hydrogen (secondary N) is 1. The molecule has 1 aromatic carbocycles. The predicted octanol–water partition coefficient (Wildman–Crippen LogP) is 2.70. The highest BCUT2D eigenvalue weighted by Gasteiger charge is 2.20. The van der Waals surface area contributed by atoms with E-state index in [2.05, 4.69) is 21.2 Å². The maximum absolute atomic E-state index is 12.4. The van der Waals surface area contributed by atoms with Gasteiger partial charge >= 0.3 is 0 Å². The van der Waals surface area contributed by atoms with Crippen molar-refractivity contribution in [3.05, 3.63) is 33.3 Å². The lowest BCUT2D eigenvalue weighted by molar-refractivity contribution is -0.121. The van der Waals surface area contributed by atoms with Gasteiger partial charge in [0.1, 0.15) is 0 Å². The minimum atomic E-state index is -0.208. The van der Waals surface area contributed by atoms with Crippen molar-refractivity contribution in [1.82, 2.24) is 10.2 Å². The third-order valence-electron chi connectivity index (χ3n) is 2.55. The summed E-state index contributed by atoms with van der Waals surface area (Å²) in [6.07, 6.45) is 0.779. The third kappa shape index (κ3) is 4.51. The van der Waals surface area contributed by atoms with Gasteiger partial charge in [-0.05, 0) is 40.5 Å². The predicted molar refractivity (Wildman–Crippen MR) is 79.4 cm³/mol. The van der Waals surface area contributed by atoms with Gasteiger partial charge in [-0.15, -0.1) is 0 Å². The molecule has 0 unspecified atom stereocenters. The van der Waals surface area contributed by atoms with Crippen molar-refractivity contribution < 1.29 is 9.59 Å². The molecule has 104 valence electrons. The third-order valence-corrected chi connectivity index (χ3v) is 3.48. The highest BCUT2D eigenvalue weighted by Crippen LogP contribution is 2.22. The van der Waals surface area contributed by atoms with Crippen LogP contribution in [-0.4, -0.2) is 36.9 Å². The van der Waals surface area contributed by atoms with Gasteiger partial charge in [-0.3, -0.25) is 9.59 Å². The molecule has 0 aliphatic carbocycles. The molecule has 1 rings (SSSR count). The maximum atomic E-state index is 12.4. The summed E-state index contributed by atoms with van der Waals surface area (Å²) in [7, 11) is 1.55. The Morgan fingerprint density at radius 1 is 1.42 bits per heavy atom. The van der Waals surface area contributed by atoms with Gasteiger partial charge in [-0.2, -0.15) is 0 Å². The lowest BCUT2D eigenvalue weighted by Gasteiger charge is -2.21. The zero-order valence-electron chi connectivity index (χ0n) is 10.9. The van der Waals surface area contributed by atoms with Crippen LogP contribution in [0.2, 0.25) is 5.02 Å². The first kappa shape index (κ1) is 16.0. The largest absolute Gasteiger partial charge is 0.358 e. The number of amides is 2. The Hall–Kier alpha value is -1.07. The van der Waals surface area contributed by atoms with E-state index in [0.717, 1.165) is 6.42 Å². The van der Waals surface area contributed by atoms with E-state index in [9.17, 15) is 9.59 Å². The van der Waals surface area contributed by atoms with Crippen LogP contribution in [0.25, 0.3) is 0 Å². The summed E-state index contributed by atoms with van der Waals surface area (Å²) >= 11 is 9.23. The van der Waals surface area contributed by atoms with E-state index in [-0.39, 0.29) is 18.4 Å². The fraction of sp³-hybridized carbons (Fsp3) is 0.385. The van der Waals surface area contributed by atoms with Crippen LogP contribution in [0.5, 0.6) is 0 Å². The van der Waals surface area contributed by atoms with Crippen molar-refractivity contribution in [1.29, 1.82) is 0 Å². The van der Waals surface area contributed by atoms with Crippen molar-refractivity contribution in [2.45, 2.75) is 13.3 Å². The average Bonchev–Trinajstić information content (AvgIpc) is 2.40. The van der Waals surface area contributed by atoms with Gasteiger partial charge in [0.25, 0.3) is 5.91 Å². The van der Waals surface area contributed by atoms with Crippen molar-refractivity contribution >= 4 is 39.3 Å². The normalized spacial score (nSPS) is 10.1. The molecule has 2 amide bonds. The molecule has 0 saturated carbocycles. The summed E-state index contributed by atoms with van der Waals surface area (Å²) in [4.78, 5) is 25.4. The zero-order valence-corrected chi connectivity index (χ0v) is 13.2. The molecule has 19 heavy (non-hydrogen) atoms. The minimum Gasteiger partial charge on any atom is -0.358 e. The summed E-state index contributed by atoms with van der Waals surface area (Å²) in [6.45, 7) is 2.52. The number of rotatable bonds is 5. The molecule has 4 nitrogen and oxygen atoms in total. The molecule has 0 bridgehead atoms. The Morgan fingerprint density at radius 3 is 2.68 bits per heavy atom. The van der Waals surface area contributed by atoms with E-state index in [4.69, 9.17) is 11.6 Å². The molecule has 1 aromatic rings. The smallest absolute Gasteiger partial charge is 0.255 e. The molecule has 0 spiro atoms. The summed E-state index contributed by atoms with van der Waals surface area (Å²) < 4.78 is 0.667. The molecule has 0 heterocycles. The molecule has 6 heteroatoms. The Labute approximate surface area is 126 Å². The van der Waals surface area contributed by atoms with E-state index in [1.165, 1.54) is 4.90 Å². The van der Waals surface area contributed by atoms with E-state index in [1.807, 2.05) is 6.92 Å². The molecular weight excluding hydrogens is 332 g/mol. The number of halogens is 2. The number of nitrogens with zero attached hydrogens (tertiary/aromatic N) is 1. The van der Waals surface area contributed by atoms with Crippen LogP contribution >= 0.6 is 27.5 Å². The van der Waals surface area contributed by atoms with Gasteiger partial charge in [0.2, 0.25) is 5.91 Å². The Morgan fingerprint density at radius 2 is 2.11 bits per heavy atom. The Bertz CT molecular complexity index is 480. The van der Waals surface area contributed by atoms with Gasteiger partial charge in [-0.25, -0.2) is 0 Å². The fourth-order valence-corrected chi connectivity index (χ4v) is 2.19. The van der Waals surface area contributed by atoms with Gasteiger partial charge in [-0.1, -0.05) is 18.5 Å². The minimum absolute atomic E-state index is 0.0438. The fourth-order valence-electron chi connectivity index (χ4n) is 1.61. The van der Waals surface area contributed by atoms with Crippen LogP contribution in [0, 0.1) is 0 Å². The van der Waals surface area contributed by atoms with Crippen LogP contribution in [0.4, 0.5) is 0 Å². The average molecular weight is 348 g/mol. The van der Waals surface area contributed by atoms with Crippen LogP contribution in [0.1, 0.15) is 23.7 Å². The van der Waals surface area contributed by atoms with E-state index in [0.29, 0.717) is 21.6 Å². The number of hydrogen-bond donors (Lipinski definition) is 1. The van der Waals surface area contributed by atoms with Crippen LogP contribution in [-0.2, 0) is 4.79 Å². The molecular formula is C13H16BrClN2O2. The van der Waals surface area contributed by atoms with Crippen molar-refractivity contribution in [3.8, 4) is 0 Å². The van der Waals surface area contributed by atoms with E-state index >= 15 is 0 Å². The van der Waals surface area contributed by atoms with Crippen molar-refractivity contribution in [2.75, 3.05) is 20.1 Å². The SMILES string of the molecule is CCCN(CC(=O)NC)C(=O)c1cc(Cl)ccc1Br. The summed E-state index contributed by atoms with van der Waals surface area (Å²) in [5.41, 5.74) is 0.463. The zero-order chi connectivity index (χ0) is 14.4. The summed E-state index contributed by atoms with van der Waals surface area (Å²) in [6, 6.07) is 5.02. The van der Waals surface area contributed by atoms with Crippen LogP contribution < -0.4 is 5.32 Å². The van der Waals surface area contributed by atoms with Crippen LogP contribution in [0.3, 0.4) is 0 Å². The van der Waals surface area contributed by atoms with E-state index in [1.54, 1.807) is 25.2 Å². The van der Waals surface area contributed by atoms with Crippen LogP contribution in [0.15, 0.2) is 22.7 Å². The number of carbonyl (C=O) groups is 2. The molecule has 0 radical (unpaired) electrons. The Kier molecular flexibility index (Phi) is 6.31. The highest BCUT2D eigenvalue weighted by molar-refractivity contribution is 9.10. The lowest BCUT2D eigenvalue weighted by Crippen LogP contribution is -2.40. The van der Waals surface area contributed by atoms with Gasteiger partial charge < -0.3 is 10.2 Å². The number of carbonyl (C=O) groups excluding carboxylic acids is 2. The molecule has 0 fully saturated rings. The van der Waals surface area contributed by atoms with Crippen molar-refractivity contribution in [2.24, 2.45) is 0 Å². The molecule has 0 atom stereocenters. The second kappa shape index (κ2) is 7.50. The second-order valence-corrected chi connectivity index (χ2v) is 5.31. The molecule has 0 aromatic heterocycles. The van der Waals surface area contributed by atoms with Gasteiger partial charge in [0, 0.05) is 23.1 Å². The molecule has 1 N–H and O–H groups in total. The second-order valence-electron chi connectivity index (χ2n) is 4.02. The number of likely N-dealkylation sites (N-methyl/N-ethyl adjacent to an activating group) is 1. The number of benzene rings is 1. The first-order chi connectivity index (χ1) is 8.99.